The molecule has 1 heterocycles. The van der Waals surface area contributed by atoms with Gasteiger partial charge in [-0.25, -0.2) is 17.9 Å². The zero-order valence-corrected chi connectivity index (χ0v) is 11.4. The molecule has 0 unspecified atom stereocenters. The summed E-state index contributed by atoms with van der Waals surface area (Å²) in [4.78, 5) is 20.8. The minimum absolute atomic E-state index is 0.0819. The van der Waals surface area contributed by atoms with Crippen molar-refractivity contribution in [3.8, 4) is 0 Å². The minimum Gasteiger partial charge on any atom is -0.476 e. The van der Waals surface area contributed by atoms with Crippen LogP contribution in [0.3, 0.4) is 0 Å². The molecule has 0 radical (unpaired) electrons. The Morgan fingerprint density at radius 2 is 2.15 bits per heavy atom. The number of nitrogens with zero attached hydrogens (tertiary/aromatic N) is 1. The zero-order chi connectivity index (χ0) is 15.3. The number of aromatic nitrogens is 2. The number of nitrogens with one attached hydrogen (secondary N) is 2. The second-order valence-electron chi connectivity index (χ2n) is 3.75. The number of ether oxygens (including phenoxy) is 1. The van der Waals surface area contributed by atoms with Crippen LogP contribution >= 0.6 is 0 Å². The number of primary amides is 1. The topological polar surface area (TPSA) is 164 Å². The Kier molecular flexibility index (Phi) is 5.19. The number of H-pyrrole nitrogens is 1. The Hall–Kier alpha value is -1.98. The van der Waals surface area contributed by atoms with Gasteiger partial charge in [0.1, 0.15) is 11.5 Å². The lowest BCUT2D eigenvalue weighted by Gasteiger charge is -2.06. The summed E-state index contributed by atoms with van der Waals surface area (Å²) in [5.41, 5.74) is 4.35. The second-order valence-corrected chi connectivity index (χ2v) is 5.45. The van der Waals surface area contributed by atoms with Gasteiger partial charge in [0.05, 0.1) is 12.3 Å². The van der Waals surface area contributed by atoms with Crippen LogP contribution in [0.25, 0.3) is 0 Å². The summed E-state index contributed by atoms with van der Waals surface area (Å²) in [6.07, 6.45) is 0. The summed E-state index contributed by atoms with van der Waals surface area (Å²) in [7, 11) is -4.04. The molecule has 0 atom stereocenters. The second kappa shape index (κ2) is 6.45. The predicted octanol–water partition coefficient (Wildman–Crippen LogP) is -1.80. The van der Waals surface area contributed by atoms with E-state index in [2.05, 4.69) is 14.9 Å². The number of hydrogen-bond acceptors (Lipinski definition) is 6. The molecule has 1 rings (SSSR count). The summed E-state index contributed by atoms with van der Waals surface area (Å²) >= 11 is 0. The molecule has 1 aromatic heterocycles. The van der Waals surface area contributed by atoms with Crippen LogP contribution in [0.1, 0.15) is 16.2 Å². The fourth-order valence-electron chi connectivity index (χ4n) is 1.39. The molecule has 0 aliphatic carbocycles. The fraction of sp³-hybridized carbons (Fsp3) is 0.444. The predicted molar refractivity (Wildman–Crippen MR) is 65.5 cm³/mol. The Bertz CT molecular complexity index is 608. The van der Waals surface area contributed by atoms with Gasteiger partial charge in [-0.15, -0.1) is 0 Å². The third kappa shape index (κ3) is 4.01. The van der Waals surface area contributed by atoms with Gasteiger partial charge in [-0.3, -0.25) is 9.89 Å². The highest BCUT2D eigenvalue weighted by molar-refractivity contribution is 7.89. The number of aromatic carboxylic acids is 1. The van der Waals surface area contributed by atoms with E-state index in [0.29, 0.717) is 0 Å². The normalized spacial score (nSPS) is 11.4. The van der Waals surface area contributed by atoms with Crippen molar-refractivity contribution in [2.45, 2.75) is 11.8 Å². The number of rotatable bonds is 8. The molecule has 1 aromatic rings. The van der Waals surface area contributed by atoms with Gasteiger partial charge in [-0.2, -0.15) is 5.10 Å². The van der Waals surface area contributed by atoms with Gasteiger partial charge in [0.2, 0.25) is 15.9 Å². The summed E-state index contributed by atoms with van der Waals surface area (Å²) in [6, 6.07) is 0. The van der Waals surface area contributed by atoms with Crippen molar-refractivity contribution in [2.75, 3.05) is 19.8 Å². The van der Waals surface area contributed by atoms with Crippen LogP contribution in [-0.4, -0.2) is 55.4 Å². The van der Waals surface area contributed by atoms with Gasteiger partial charge < -0.3 is 15.6 Å². The van der Waals surface area contributed by atoms with Crippen molar-refractivity contribution in [1.82, 2.24) is 14.9 Å². The highest BCUT2D eigenvalue weighted by Crippen LogP contribution is 2.17. The van der Waals surface area contributed by atoms with Crippen molar-refractivity contribution in [1.29, 1.82) is 0 Å². The molecule has 5 N–H and O–H groups in total. The SMILES string of the molecule is Cc1[nH]nc(C(=O)O)c1S(=O)(=O)NCCOCC(N)=O. The first kappa shape index (κ1) is 16.1. The monoisotopic (exact) mass is 306 g/mol. The van der Waals surface area contributed by atoms with Crippen LogP contribution in [0.2, 0.25) is 0 Å². The van der Waals surface area contributed by atoms with Crippen molar-refractivity contribution in [3.63, 3.8) is 0 Å². The number of amides is 1. The summed E-state index contributed by atoms with van der Waals surface area (Å²) in [5, 5.41) is 14.6. The Balaban J connectivity index is 2.72. The van der Waals surface area contributed by atoms with Crippen LogP contribution in [0.5, 0.6) is 0 Å². The maximum absolute atomic E-state index is 12.0. The summed E-state index contributed by atoms with van der Waals surface area (Å²) < 4.78 is 30.8. The van der Waals surface area contributed by atoms with Crippen molar-refractivity contribution >= 4 is 21.9 Å². The van der Waals surface area contributed by atoms with E-state index in [0.717, 1.165) is 0 Å². The van der Waals surface area contributed by atoms with Crippen molar-refractivity contribution < 1.29 is 27.9 Å². The van der Waals surface area contributed by atoms with Crippen LogP contribution in [0, 0.1) is 6.92 Å². The van der Waals surface area contributed by atoms with Gasteiger partial charge in [0.15, 0.2) is 5.69 Å². The van der Waals surface area contributed by atoms with Gasteiger partial charge >= 0.3 is 5.97 Å². The van der Waals surface area contributed by atoms with Gasteiger partial charge in [-0.05, 0) is 6.92 Å². The number of aryl methyl sites for hydroxylation is 1. The van der Waals surface area contributed by atoms with E-state index in [9.17, 15) is 18.0 Å². The van der Waals surface area contributed by atoms with E-state index in [1.165, 1.54) is 6.92 Å². The molecule has 112 valence electrons. The van der Waals surface area contributed by atoms with Crippen LogP contribution < -0.4 is 10.5 Å². The third-order valence-corrected chi connectivity index (χ3v) is 3.77. The van der Waals surface area contributed by atoms with E-state index < -0.39 is 32.5 Å². The number of carbonyl (C=O) groups is 2. The molecule has 0 aromatic carbocycles. The third-order valence-electron chi connectivity index (χ3n) is 2.15. The Morgan fingerprint density at radius 3 is 2.70 bits per heavy atom. The quantitative estimate of drug-likeness (QED) is 0.411. The molecule has 1 amide bonds. The average Bonchev–Trinajstić information content (AvgIpc) is 2.71. The largest absolute Gasteiger partial charge is 0.476 e. The lowest BCUT2D eigenvalue weighted by Crippen LogP contribution is -2.30. The highest BCUT2D eigenvalue weighted by atomic mass is 32.2. The number of carboxylic acids is 1. The molecule has 0 saturated carbocycles. The number of carboxylic acid groups (broad SMARTS) is 1. The molecule has 0 saturated heterocycles. The van der Waals surface area contributed by atoms with Crippen LogP contribution in [0.15, 0.2) is 4.90 Å². The number of hydrogen-bond donors (Lipinski definition) is 4. The Morgan fingerprint density at radius 1 is 1.50 bits per heavy atom. The van der Waals surface area contributed by atoms with Gasteiger partial charge in [-0.1, -0.05) is 0 Å². The molecule has 0 spiro atoms. The number of carbonyl (C=O) groups excluding carboxylic acids is 1. The number of aromatic amines is 1. The Labute approximate surface area is 114 Å². The first-order valence-corrected chi connectivity index (χ1v) is 6.88. The van der Waals surface area contributed by atoms with E-state index in [1.807, 2.05) is 0 Å². The first-order valence-electron chi connectivity index (χ1n) is 5.39. The minimum atomic E-state index is -4.04. The lowest BCUT2D eigenvalue weighted by molar-refractivity contribution is -0.122. The molecule has 0 fully saturated rings. The van der Waals surface area contributed by atoms with E-state index in [-0.39, 0.29) is 25.5 Å². The smallest absolute Gasteiger partial charge is 0.357 e. The van der Waals surface area contributed by atoms with Gasteiger partial charge in [0.25, 0.3) is 0 Å². The molecular weight excluding hydrogens is 292 g/mol. The van der Waals surface area contributed by atoms with Gasteiger partial charge in [0, 0.05) is 6.54 Å². The van der Waals surface area contributed by atoms with E-state index in [1.54, 1.807) is 0 Å². The van der Waals surface area contributed by atoms with Crippen molar-refractivity contribution in [3.05, 3.63) is 11.4 Å². The molecule has 10 nitrogen and oxygen atoms in total. The fourth-order valence-corrected chi connectivity index (χ4v) is 2.72. The van der Waals surface area contributed by atoms with Crippen molar-refractivity contribution in [2.24, 2.45) is 5.73 Å². The van der Waals surface area contributed by atoms with Crippen LogP contribution in [0.4, 0.5) is 0 Å². The number of nitrogens with two attached hydrogens (primary N) is 1. The summed E-state index contributed by atoms with van der Waals surface area (Å²) in [6.45, 7) is 0.838. The maximum Gasteiger partial charge on any atom is 0.357 e. The molecule has 0 aliphatic heterocycles. The molecule has 11 heteroatoms. The van der Waals surface area contributed by atoms with Crippen LogP contribution in [-0.2, 0) is 19.6 Å². The molecular formula is C9H14N4O6S. The highest BCUT2D eigenvalue weighted by Gasteiger charge is 2.27. The average molecular weight is 306 g/mol. The molecule has 0 bridgehead atoms. The summed E-state index contributed by atoms with van der Waals surface area (Å²) in [5.74, 6) is -2.13. The van der Waals surface area contributed by atoms with E-state index in [4.69, 9.17) is 15.6 Å². The zero-order valence-electron chi connectivity index (χ0n) is 10.5. The number of sulfonamides is 1. The first-order chi connectivity index (χ1) is 9.25. The molecule has 0 aliphatic rings. The maximum atomic E-state index is 12.0. The van der Waals surface area contributed by atoms with E-state index >= 15 is 0 Å². The molecule has 20 heavy (non-hydrogen) atoms. The standard InChI is InChI=1S/C9H14N4O6S/c1-5-8(7(9(15)16)13-12-5)20(17,18)11-2-3-19-4-6(10)14/h11H,2-4H2,1H3,(H2,10,14)(H,12,13)(H,15,16). The lowest BCUT2D eigenvalue weighted by atomic mass is 10.4.